The maximum Gasteiger partial charge on any atom is 0.261 e. The average molecular weight is 495 g/mol. The quantitative estimate of drug-likeness (QED) is 0.484. The fourth-order valence-corrected chi connectivity index (χ4v) is 10.3. The van der Waals surface area contributed by atoms with Crippen molar-refractivity contribution < 1.29 is 19.4 Å². The molecular weight excluding hydrogens is 460 g/mol. The van der Waals surface area contributed by atoms with Gasteiger partial charge in [0.25, 0.3) is 8.32 Å². The Morgan fingerprint density at radius 3 is 1.85 bits per heavy atom. The highest BCUT2D eigenvalue weighted by molar-refractivity contribution is 7.99. The topological polar surface area (TPSA) is 58.9 Å². The van der Waals surface area contributed by atoms with Crippen LogP contribution < -0.4 is 10.4 Å². The molecule has 180 valence electrons. The molecule has 0 unspecified atom stereocenters. The van der Waals surface area contributed by atoms with Gasteiger partial charge in [0, 0.05) is 4.90 Å². The van der Waals surface area contributed by atoms with Crippen LogP contribution in [0.1, 0.15) is 26.3 Å². The largest absolute Gasteiger partial charge is 0.405 e. The Balaban J connectivity index is 1.60. The van der Waals surface area contributed by atoms with Crippen molar-refractivity contribution in [1.29, 1.82) is 0 Å². The number of rotatable bonds is 7. The van der Waals surface area contributed by atoms with Crippen LogP contribution in [0.2, 0.25) is 5.04 Å². The number of hydrogen-bond acceptors (Lipinski definition) is 5. The standard InChI is InChI=1S/C28H34O4SSi/c1-20-15-17-21(18-16-20)33-27-26(30)25(29)24(32-27)19-31-34(28(2,3)4,22-11-7-5-8-12-22)23-13-9-6-10-14-23/h5-18,24-27,29-30H,19H2,1-4H3/t24-,25-,26+,27-/m1/s1. The number of benzene rings is 3. The van der Waals surface area contributed by atoms with Gasteiger partial charge in [0.15, 0.2) is 0 Å². The van der Waals surface area contributed by atoms with E-state index in [2.05, 4.69) is 45.0 Å². The second kappa shape index (κ2) is 10.4. The summed E-state index contributed by atoms with van der Waals surface area (Å²) < 4.78 is 13.1. The first-order chi connectivity index (χ1) is 16.2. The summed E-state index contributed by atoms with van der Waals surface area (Å²) >= 11 is 1.43. The van der Waals surface area contributed by atoms with E-state index in [1.807, 2.05) is 67.6 Å². The number of thioether (sulfide) groups is 1. The van der Waals surface area contributed by atoms with Gasteiger partial charge in [0.1, 0.15) is 23.7 Å². The Morgan fingerprint density at radius 1 is 0.824 bits per heavy atom. The lowest BCUT2D eigenvalue weighted by Crippen LogP contribution is -2.67. The molecule has 0 spiro atoms. The molecule has 1 aliphatic rings. The fraction of sp³-hybridized carbons (Fsp3) is 0.357. The molecule has 1 heterocycles. The lowest BCUT2D eigenvalue weighted by molar-refractivity contribution is -0.00418. The summed E-state index contributed by atoms with van der Waals surface area (Å²) in [6.45, 7) is 8.90. The minimum absolute atomic E-state index is 0.173. The molecular formula is C28H34O4SSi. The van der Waals surface area contributed by atoms with E-state index >= 15 is 0 Å². The molecule has 34 heavy (non-hydrogen) atoms. The van der Waals surface area contributed by atoms with Gasteiger partial charge in [-0.2, -0.15) is 0 Å². The summed E-state index contributed by atoms with van der Waals surface area (Å²) in [4.78, 5) is 0.996. The van der Waals surface area contributed by atoms with E-state index in [1.54, 1.807) is 0 Å². The van der Waals surface area contributed by atoms with Gasteiger partial charge in [-0.15, -0.1) is 0 Å². The van der Waals surface area contributed by atoms with Gasteiger partial charge < -0.3 is 19.4 Å². The summed E-state index contributed by atoms with van der Waals surface area (Å²) in [5.41, 5.74) is 0.624. The second-order valence-corrected chi connectivity index (χ2v) is 15.4. The van der Waals surface area contributed by atoms with Crippen LogP contribution in [-0.2, 0) is 9.16 Å². The first kappa shape index (κ1) is 25.2. The van der Waals surface area contributed by atoms with Gasteiger partial charge in [0.2, 0.25) is 0 Å². The Bertz CT molecular complexity index is 1010. The lowest BCUT2D eigenvalue weighted by atomic mass is 10.2. The molecule has 3 aromatic carbocycles. The zero-order chi connectivity index (χ0) is 24.3. The second-order valence-electron chi connectivity index (χ2n) is 9.93. The third-order valence-corrected chi connectivity index (χ3v) is 12.6. The summed E-state index contributed by atoms with van der Waals surface area (Å²) in [5.74, 6) is 0. The smallest absolute Gasteiger partial charge is 0.261 e. The molecule has 1 saturated heterocycles. The molecule has 0 aliphatic carbocycles. The number of aliphatic hydroxyl groups excluding tert-OH is 2. The summed E-state index contributed by atoms with van der Waals surface area (Å²) in [7, 11) is -2.75. The molecule has 0 saturated carbocycles. The first-order valence-electron chi connectivity index (χ1n) is 11.7. The molecule has 1 aliphatic heterocycles. The van der Waals surface area contributed by atoms with Crippen LogP contribution in [0.4, 0.5) is 0 Å². The highest BCUT2D eigenvalue weighted by Gasteiger charge is 2.52. The van der Waals surface area contributed by atoms with Crippen LogP contribution in [0.5, 0.6) is 0 Å². The van der Waals surface area contributed by atoms with Crippen LogP contribution in [0.15, 0.2) is 89.8 Å². The van der Waals surface area contributed by atoms with E-state index in [9.17, 15) is 10.2 Å². The Hall–Kier alpha value is -1.93. The average Bonchev–Trinajstić information content (AvgIpc) is 3.09. The molecule has 4 rings (SSSR count). The maximum atomic E-state index is 10.8. The number of aliphatic hydroxyl groups is 2. The van der Waals surface area contributed by atoms with E-state index in [0.29, 0.717) is 0 Å². The molecule has 4 atom stereocenters. The van der Waals surface area contributed by atoms with Gasteiger partial charge in [-0.25, -0.2) is 0 Å². The van der Waals surface area contributed by atoms with Gasteiger partial charge in [-0.3, -0.25) is 0 Å². The van der Waals surface area contributed by atoms with Crippen molar-refractivity contribution in [2.75, 3.05) is 6.61 Å². The first-order valence-corrected chi connectivity index (χ1v) is 14.5. The Labute approximate surface area is 208 Å². The highest BCUT2D eigenvalue weighted by Crippen LogP contribution is 2.39. The number of ether oxygens (including phenoxy) is 1. The fourth-order valence-electron chi connectivity index (χ4n) is 4.67. The summed E-state index contributed by atoms with van der Waals surface area (Å²) in [6, 6.07) is 28.9. The molecule has 0 radical (unpaired) electrons. The third kappa shape index (κ3) is 5.03. The van der Waals surface area contributed by atoms with Crippen LogP contribution in [0, 0.1) is 6.92 Å². The predicted molar refractivity (Wildman–Crippen MR) is 141 cm³/mol. The van der Waals surface area contributed by atoms with Crippen LogP contribution in [0.25, 0.3) is 0 Å². The van der Waals surface area contributed by atoms with Crippen molar-refractivity contribution in [1.82, 2.24) is 0 Å². The van der Waals surface area contributed by atoms with Crippen molar-refractivity contribution >= 4 is 30.5 Å². The third-order valence-electron chi connectivity index (χ3n) is 6.47. The van der Waals surface area contributed by atoms with E-state index in [-0.39, 0.29) is 11.6 Å². The Kier molecular flexibility index (Phi) is 7.67. The van der Waals surface area contributed by atoms with E-state index in [4.69, 9.17) is 9.16 Å². The molecule has 0 aromatic heterocycles. The zero-order valence-electron chi connectivity index (χ0n) is 20.2. The van der Waals surface area contributed by atoms with Crippen molar-refractivity contribution in [3.63, 3.8) is 0 Å². The maximum absolute atomic E-state index is 10.8. The number of aryl methyl sites for hydroxylation is 1. The van der Waals surface area contributed by atoms with E-state index < -0.39 is 32.1 Å². The molecule has 1 fully saturated rings. The SMILES string of the molecule is Cc1ccc(S[C@H]2O[C@H](CO[Si](c3ccccc3)(c3ccccc3)C(C)(C)C)[C@@H](O)[C@@H]2O)cc1. The van der Waals surface area contributed by atoms with E-state index in [1.165, 1.54) is 27.7 Å². The van der Waals surface area contributed by atoms with Gasteiger partial charge >= 0.3 is 0 Å². The molecule has 0 amide bonds. The van der Waals surface area contributed by atoms with Gasteiger partial charge in [-0.05, 0) is 34.5 Å². The van der Waals surface area contributed by atoms with Gasteiger partial charge in [-0.1, -0.05) is 111 Å². The summed E-state index contributed by atoms with van der Waals surface area (Å²) in [6.07, 6.45) is -2.61. The van der Waals surface area contributed by atoms with Crippen molar-refractivity contribution in [2.45, 2.75) is 61.4 Å². The predicted octanol–water partition coefficient (Wildman–Crippen LogP) is 4.11. The molecule has 2 N–H and O–H groups in total. The molecule has 6 heteroatoms. The molecule has 4 nitrogen and oxygen atoms in total. The van der Waals surface area contributed by atoms with Crippen LogP contribution in [-0.4, -0.2) is 48.9 Å². The highest BCUT2D eigenvalue weighted by atomic mass is 32.2. The Morgan fingerprint density at radius 2 is 1.35 bits per heavy atom. The van der Waals surface area contributed by atoms with Crippen LogP contribution >= 0.6 is 11.8 Å². The van der Waals surface area contributed by atoms with E-state index in [0.717, 1.165) is 4.90 Å². The van der Waals surface area contributed by atoms with Crippen molar-refractivity contribution in [3.8, 4) is 0 Å². The minimum atomic E-state index is -2.75. The molecule has 0 bridgehead atoms. The van der Waals surface area contributed by atoms with Gasteiger partial charge in [0.05, 0.1) is 6.61 Å². The molecule has 3 aromatic rings. The van der Waals surface area contributed by atoms with Crippen molar-refractivity contribution in [2.24, 2.45) is 0 Å². The zero-order valence-corrected chi connectivity index (χ0v) is 22.0. The minimum Gasteiger partial charge on any atom is -0.405 e. The lowest BCUT2D eigenvalue weighted by Gasteiger charge is -2.43. The normalized spacial score (nSPS) is 23.2. The monoisotopic (exact) mass is 494 g/mol. The van der Waals surface area contributed by atoms with Crippen LogP contribution in [0.3, 0.4) is 0 Å². The van der Waals surface area contributed by atoms with Crippen molar-refractivity contribution in [3.05, 3.63) is 90.5 Å². The number of hydrogen-bond donors (Lipinski definition) is 2. The summed E-state index contributed by atoms with van der Waals surface area (Å²) in [5, 5.41) is 23.7.